The van der Waals surface area contributed by atoms with Crippen LogP contribution in [0, 0.1) is 0 Å². The zero-order chi connectivity index (χ0) is 23.3. The number of esters is 1. The number of ether oxygens (including phenoxy) is 2. The van der Waals surface area contributed by atoms with E-state index in [-0.39, 0.29) is 6.04 Å². The SMILES string of the molecule is COc1cc(C(Nc2cccc(C(=O)OC(C)(C)C)c2)c2cccnc2)ccc1C(N)=O. The molecular weight excluding hydrogens is 406 g/mol. The van der Waals surface area contributed by atoms with Crippen molar-refractivity contribution in [3.05, 3.63) is 89.2 Å². The molecule has 0 saturated heterocycles. The second-order valence-corrected chi connectivity index (χ2v) is 8.27. The third kappa shape index (κ3) is 5.63. The van der Waals surface area contributed by atoms with Crippen molar-refractivity contribution in [2.75, 3.05) is 12.4 Å². The number of anilines is 1. The van der Waals surface area contributed by atoms with Crippen molar-refractivity contribution in [1.82, 2.24) is 4.98 Å². The van der Waals surface area contributed by atoms with Crippen LogP contribution in [0.25, 0.3) is 0 Å². The summed E-state index contributed by atoms with van der Waals surface area (Å²) in [5.41, 5.74) is 8.06. The first-order valence-corrected chi connectivity index (χ1v) is 10.2. The second-order valence-electron chi connectivity index (χ2n) is 8.27. The number of hydrogen-bond donors (Lipinski definition) is 2. The van der Waals surface area contributed by atoms with Crippen molar-refractivity contribution in [1.29, 1.82) is 0 Å². The van der Waals surface area contributed by atoms with Gasteiger partial charge in [-0.05, 0) is 68.3 Å². The highest BCUT2D eigenvalue weighted by atomic mass is 16.6. The first-order valence-electron chi connectivity index (χ1n) is 10.2. The van der Waals surface area contributed by atoms with Crippen LogP contribution in [0.1, 0.15) is 58.7 Å². The standard InChI is InChI=1S/C25H27N3O4/c1-25(2,3)32-24(30)17-7-5-9-19(13-17)28-22(18-8-6-12-27-15-18)16-10-11-20(23(26)29)21(14-16)31-4/h5-15,22,28H,1-4H3,(H2,26,29). The number of nitrogens with two attached hydrogens (primary N) is 1. The molecular formula is C25H27N3O4. The summed E-state index contributed by atoms with van der Waals surface area (Å²) in [4.78, 5) is 28.4. The third-order valence-corrected chi connectivity index (χ3v) is 4.65. The van der Waals surface area contributed by atoms with E-state index in [1.165, 1.54) is 7.11 Å². The van der Waals surface area contributed by atoms with Gasteiger partial charge in [-0.3, -0.25) is 9.78 Å². The van der Waals surface area contributed by atoms with Gasteiger partial charge in [-0.15, -0.1) is 0 Å². The van der Waals surface area contributed by atoms with Gasteiger partial charge in [0, 0.05) is 18.1 Å². The number of hydrogen-bond acceptors (Lipinski definition) is 6. The van der Waals surface area contributed by atoms with Crippen LogP contribution in [-0.4, -0.2) is 29.6 Å². The fourth-order valence-corrected chi connectivity index (χ4v) is 3.24. The van der Waals surface area contributed by atoms with E-state index in [9.17, 15) is 9.59 Å². The summed E-state index contributed by atoms with van der Waals surface area (Å²) in [6.45, 7) is 5.48. The predicted octanol–water partition coefficient (Wildman–Crippen LogP) is 4.35. The van der Waals surface area contributed by atoms with E-state index in [1.54, 1.807) is 42.7 Å². The average Bonchev–Trinajstić information content (AvgIpc) is 2.76. The molecule has 2 aromatic carbocycles. The van der Waals surface area contributed by atoms with Crippen molar-refractivity contribution < 1.29 is 19.1 Å². The molecule has 1 amide bonds. The molecule has 1 unspecified atom stereocenters. The summed E-state index contributed by atoms with van der Waals surface area (Å²) in [6, 6.07) is 15.8. The van der Waals surface area contributed by atoms with Crippen LogP contribution in [0.3, 0.4) is 0 Å². The molecule has 0 aliphatic carbocycles. The highest BCUT2D eigenvalue weighted by Gasteiger charge is 2.20. The van der Waals surface area contributed by atoms with Gasteiger partial charge in [-0.2, -0.15) is 0 Å². The number of carbonyl (C=O) groups excluding carboxylic acids is 2. The lowest BCUT2D eigenvalue weighted by Gasteiger charge is -2.23. The molecule has 3 N–H and O–H groups in total. The number of primary amides is 1. The lowest BCUT2D eigenvalue weighted by Crippen LogP contribution is -2.24. The minimum absolute atomic E-state index is 0.299. The van der Waals surface area contributed by atoms with E-state index in [1.807, 2.05) is 45.0 Å². The third-order valence-electron chi connectivity index (χ3n) is 4.65. The summed E-state index contributed by atoms with van der Waals surface area (Å²) in [7, 11) is 1.49. The summed E-state index contributed by atoms with van der Waals surface area (Å²) in [5, 5.41) is 3.45. The van der Waals surface area contributed by atoms with Crippen molar-refractivity contribution >= 4 is 17.6 Å². The van der Waals surface area contributed by atoms with E-state index in [0.717, 1.165) is 16.8 Å². The molecule has 3 rings (SSSR count). The van der Waals surface area contributed by atoms with Crippen LogP contribution in [-0.2, 0) is 4.74 Å². The number of carbonyl (C=O) groups is 2. The molecule has 0 bridgehead atoms. The Bertz CT molecular complexity index is 1110. The minimum atomic E-state index is -0.586. The molecule has 32 heavy (non-hydrogen) atoms. The number of nitrogens with zero attached hydrogens (tertiary/aromatic N) is 1. The van der Waals surface area contributed by atoms with Crippen molar-refractivity contribution in [2.45, 2.75) is 32.4 Å². The minimum Gasteiger partial charge on any atom is -0.496 e. The van der Waals surface area contributed by atoms with Crippen LogP contribution in [0.4, 0.5) is 5.69 Å². The number of benzene rings is 2. The van der Waals surface area contributed by atoms with Crippen molar-refractivity contribution in [3.8, 4) is 5.75 Å². The Balaban J connectivity index is 1.98. The topological polar surface area (TPSA) is 104 Å². The normalized spacial score (nSPS) is 12.0. The fourth-order valence-electron chi connectivity index (χ4n) is 3.24. The lowest BCUT2D eigenvalue weighted by atomic mass is 9.97. The second kappa shape index (κ2) is 9.51. The monoisotopic (exact) mass is 433 g/mol. The van der Waals surface area contributed by atoms with Gasteiger partial charge in [0.25, 0.3) is 5.91 Å². The predicted molar refractivity (Wildman–Crippen MR) is 123 cm³/mol. The first-order chi connectivity index (χ1) is 15.2. The maximum absolute atomic E-state index is 12.5. The maximum Gasteiger partial charge on any atom is 0.338 e. The highest BCUT2D eigenvalue weighted by molar-refractivity contribution is 5.95. The molecule has 0 aliphatic heterocycles. The van der Waals surface area contributed by atoms with Crippen LogP contribution in [0.2, 0.25) is 0 Å². The molecule has 1 aromatic heterocycles. The Labute approximate surface area is 187 Å². The molecule has 7 heteroatoms. The highest BCUT2D eigenvalue weighted by Crippen LogP contribution is 2.31. The summed E-state index contributed by atoms with van der Waals surface area (Å²) in [5.74, 6) is -0.580. The van der Waals surface area contributed by atoms with Gasteiger partial charge in [0.2, 0.25) is 0 Å². The van der Waals surface area contributed by atoms with Gasteiger partial charge < -0.3 is 20.5 Å². The molecule has 0 spiro atoms. The Morgan fingerprint density at radius 2 is 1.81 bits per heavy atom. The molecule has 7 nitrogen and oxygen atoms in total. The van der Waals surface area contributed by atoms with Gasteiger partial charge in [-0.25, -0.2) is 4.79 Å². The smallest absolute Gasteiger partial charge is 0.338 e. The van der Waals surface area contributed by atoms with Gasteiger partial charge in [-0.1, -0.05) is 18.2 Å². The fraction of sp³-hybridized carbons (Fsp3) is 0.240. The van der Waals surface area contributed by atoms with E-state index in [4.69, 9.17) is 15.2 Å². The molecule has 0 fully saturated rings. The van der Waals surface area contributed by atoms with E-state index >= 15 is 0 Å². The van der Waals surface area contributed by atoms with Gasteiger partial charge in [0.05, 0.1) is 24.3 Å². The molecule has 1 heterocycles. The zero-order valence-electron chi connectivity index (χ0n) is 18.6. The van der Waals surface area contributed by atoms with E-state index in [2.05, 4.69) is 10.3 Å². The van der Waals surface area contributed by atoms with Crippen LogP contribution in [0.5, 0.6) is 5.75 Å². The first kappa shape index (κ1) is 22.8. The van der Waals surface area contributed by atoms with Gasteiger partial charge >= 0.3 is 5.97 Å². The largest absolute Gasteiger partial charge is 0.496 e. The molecule has 3 aromatic rings. The van der Waals surface area contributed by atoms with Crippen LogP contribution in [0.15, 0.2) is 67.0 Å². The Morgan fingerprint density at radius 3 is 2.44 bits per heavy atom. The Morgan fingerprint density at radius 1 is 1.03 bits per heavy atom. The van der Waals surface area contributed by atoms with Crippen molar-refractivity contribution in [2.24, 2.45) is 5.73 Å². The summed E-state index contributed by atoms with van der Waals surface area (Å²) >= 11 is 0. The van der Waals surface area contributed by atoms with Gasteiger partial charge in [0.15, 0.2) is 0 Å². The number of aromatic nitrogens is 1. The molecule has 166 valence electrons. The number of methoxy groups -OCH3 is 1. The van der Waals surface area contributed by atoms with Gasteiger partial charge in [0.1, 0.15) is 11.4 Å². The maximum atomic E-state index is 12.5. The molecule has 0 aliphatic rings. The summed E-state index contributed by atoms with van der Waals surface area (Å²) in [6.07, 6.45) is 3.45. The van der Waals surface area contributed by atoms with Crippen molar-refractivity contribution in [3.63, 3.8) is 0 Å². The molecule has 0 radical (unpaired) electrons. The number of rotatable bonds is 7. The number of nitrogens with one attached hydrogen (secondary N) is 1. The number of amides is 1. The van der Waals surface area contributed by atoms with E-state index < -0.39 is 17.5 Å². The lowest BCUT2D eigenvalue weighted by molar-refractivity contribution is 0.00694. The quantitative estimate of drug-likeness (QED) is 0.537. The van der Waals surface area contributed by atoms with E-state index in [0.29, 0.717) is 16.9 Å². The molecule has 0 saturated carbocycles. The Hall–Kier alpha value is -3.87. The summed E-state index contributed by atoms with van der Waals surface area (Å²) < 4.78 is 10.9. The molecule has 1 atom stereocenters. The Kier molecular flexibility index (Phi) is 6.78. The van der Waals surface area contributed by atoms with Crippen LogP contribution < -0.4 is 15.8 Å². The number of pyridine rings is 1. The average molecular weight is 434 g/mol. The zero-order valence-corrected chi connectivity index (χ0v) is 18.6. The van der Waals surface area contributed by atoms with Crippen LogP contribution >= 0.6 is 0 Å².